The van der Waals surface area contributed by atoms with Crippen LogP contribution in [-0.4, -0.2) is 24.2 Å². The van der Waals surface area contributed by atoms with Crippen molar-refractivity contribution in [1.82, 2.24) is 4.98 Å². The monoisotopic (exact) mass is 395 g/mol. The van der Waals surface area contributed by atoms with E-state index in [1.165, 1.54) is 6.07 Å². The summed E-state index contributed by atoms with van der Waals surface area (Å²) in [5, 5.41) is 0. The summed E-state index contributed by atoms with van der Waals surface area (Å²) in [4.78, 5) is 8.77. The van der Waals surface area contributed by atoms with Crippen molar-refractivity contribution in [2.75, 3.05) is 6.61 Å². The zero-order valence-electron chi connectivity index (χ0n) is 15.7. The van der Waals surface area contributed by atoms with E-state index in [1.54, 1.807) is 31.5 Å². The maximum atomic E-state index is 12.6. The Hall–Kier alpha value is -3.48. The maximum Gasteiger partial charge on any atom is 0.387 e. The van der Waals surface area contributed by atoms with Gasteiger partial charge < -0.3 is 15.2 Å². The number of pyridine rings is 1. The first kappa shape index (κ1) is 18.9. The number of nitrogens with two attached hydrogens (primary N) is 1. The molecule has 1 aliphatic heterocycles. The molecule has 2 aromatic carbocycles. The first-order valence-corrected chi connectivity index (χ1v) is 9.03. The van der Waals surface area contributed by atoms with Gasteiger partial charge in [-0.1, -0.05) is 30.3 Å². The highest BCUT2D eigenvalue weighted by Gasteiger charge is 2.40. The molecule has 7 heteroatoms. The van der Waals surface area contributed by atoms with Gasteiger partial charge in [0.25, 0.3) is 6.02 Å². The molecule has 0 spiro atoms. The summed E-state index contributed by atoms with van der Waals surface area (Å²) in [6.45, 7) is -0.957. The van der Waals surface area contributed by atoms with E-state index in [2.05, 4.69) is 14.7 Å². The van der Waals surface area contributed by atoms with Gasteiger partial charge >= 0.3 is 6.61 Å². The van der Waals surface area contributed by atoms with Crippen LogP contribution in [0.1, 0.15) is 16.7 Å². The highest BCUT2D eigenvalue weighted by molar-refractivity contribution is 5.76. The van der Waals surface area contributed by atoms with Crippen molar-refractivity contribution in [3.63, 3.8) is 0 Å². The van der Waals surface area contributed by atoms with E-state index >= 15 is 0 Å². The van der Waals surface area contributed by atoms with Gasteiger partial charge in [-0.2, -0.15) is 8.78 Å². The molecule has 0 amide bonds. The number of ether oxygens (including phenoxy) is 2. The van der Waals surface area contributed by atoms with Gasteiger partial charge in [0.2, 0.25) is 0 Å². The molecular weight excluding hydrogens is 376 g/mol. The predicted octanol–water partition coefficient (Wildman–Crippen LogP) is 4.25. The van der Waals surface area contributed by atoms with Crippen LogP contribution in [0.25, 0.3) is 11.1 Å². The Balaban J connectivity index is 1.81. The van der Waals surface area contributed by atoms with Crippen LogP contribution in [0, 0.1) is 6.92 Å². The molecule has 0 fully saturated rings. The molecule has 2 N–H and O–H groups in total. The summed E-state index contributed by atoms with van der Waals surface area (Å²) in [5.74, 6) is 0.124. The minimum absolute atomic E-state index is 0.0855. The summed E-state index contributed by atoms with van der Waals surface area (Å²) in [6, 6.07) is 16.8. The Labute approximate surface area is 166 Å². The second-order valence-electron chi connectivity index (χ2n) is 6.78. The Kier molecular flexibility index (Phi) is 4.88. The van der Waals surface area contributed by atoms with E-state index in [0.717, 1.165) is 22.3 Å². The SMILES string of the molecule is Cc1cc(C2(c3cccc(-c4cccnc4)c3)COC(N)=N2)ccc1OC(F)F. The number of hydrogen-bond donors (Lipinski definition) is 1. The van der Waals surface area contributed by atoms with E-state index in [4.69, 9.17) is 10.5 Å². The molecule has 29 heavy (non-hydrogen) atoms. The van der Waals surface area contributed by atoms with Gasteiger partial charge in [-0.05, 0) is 59.0 Å². The molecule has 0 radical (unpaired) electrons. The fraction of sp³-hybridized carbons (Fsp3) is 0.182. The number of halogens is 2. The standard InChI is InChI=1S/C22H19F2N3O2/c1-14-10-18(7-8-19(14)29-20(23)24)22(13-28-21(25)27-22)17-6-2-4-15(11-17)16-5-3-9-26-12-16/h2-12,20H,13H2,1H3,(H2,25,27). The molecule has 1 aliphatic rings. The lowest BCUT2D eigenvalue weighted by Crippen LogP contribution is -2.27. The molecule has 1 atom stereocenters. The summed E-state index contributed by atoms with van der Waals surface area (Å²) >= 11 is 0. The lowest BCUT2D eigenvalue weighted by atomic mass is 9.82. The molecule has 148 valence electrons. The van der Waals surface area contributed by atoms with Crippen molar-refractivity contribution in [2.45, 2.75) is 19.1 Å². The molecule has 2 heterocycles. The normalized spacial score (nSPS) is 18.4. The number of alkyl halides is 2. The molecule has 3 aromatic rings. The van der Waals surface area contributed by atoms with Gasteiger partial charge in [0.15, 0.2) is 5.54 Å². The second kappa shape index (κ2) is 7.50. The van der Waals surface area contributed by atoms with E-state index in [-0.39, 0.29) is 18.4 Å². The summed E-state index contributed by atoms with van der Waals surface area (Å²) < 4.78 is 35.3. The number of amidine groups is 1. The lowest BCUT2D eigenvalue weighted by Gasteiger charge is -2.26. The van der Waals surface area contributed by atoms with Gasteiger partial charge in [-0.15, -0.1) is 0 Å². The third-order valence-corrected chi connectivity index (χ3v) is 4.93. The van der Waals surface area contributed by atoms with Gasteiger partial charge in [0.1, 0.15) is 12.4 Å². The van der Waals surface area contributed by atoms with Gasteiger partial charge in [0.05, 0.1) is 0 Å². The molecule has 5 nitrogen and oxygen atoms in total. The third-order valence-electron chi connectivity index (χ3n) is 4.93. The van der Waals surface area contributed by atoms with Crippen molar-refractivity contribution >= 4 is 6.02 Å². The van der Waals surface area contributed by atoms with Gasteiger partial charge in [0, 0.05) is 12.4 Å². The number of aliphatic imine (C=N–C) groups is 1. The van der Waals surface area contributed by atoms with Crippen LogP contribution in [0.3, 0.4) is 0 Å². The van der Waals surface area contributed by atoms with Crippen LogP contribution >= 0.6 is 0 Å². The largest absolute Gasteiger partial charge is 0.462 e. The highest BCUT2D eigenvalue weighted by Crippen LogP contribution is 2.40. The van der Waals surface area contributed by atoms with Crippen LogP contribution < -0.4 is 10.5 Å². The number of aryl methyl sites for hydroxylation is 1. The van der Waals surface area contributed by atoms with Crippen molar-refractivity contribution in [3.05, 3.63) is 83.7 Å². The molecule has 0 aliphatic carbocycles. The van der Waals surface area contributed by atoms with Crippen LogP contribution in [0.4, 0.5) is 8.78 Å². The number of rotatable bonds is 5. The quantitative estimate of drug-likeness (QED) is 0.701. The van der Waals surface area contributed by atoms with E-state index in [1.807, 2.05) is 36.4 Å². The lowest BCUT2D eigenvalue weighted by molar-refractivity contribution is -0.0503. The molecule has 4 rings (SSSR count). The molecular formula is C22H19F2N3O2. The number of benzene rings is 2. The zero-order chi connectivity index (χ0) is 20.4. The minimum Gasteiger partial charge on any atom is -0.462 e. The van der Waals surface area contributed by atoms with Crippen LogP contribution in [-0.2, 0) is 10.3 Å². The third kappa shape index (κ3) is 3.63. The minimum atomic E-state index is -2.88. The Bertz CT molecular complexity index is 1060. The van der Waals surface area contributed by atoms with E-state index in [9.17, 15) is 8.78 Å². The first-order valence-electron chi connectivity index (χ1n) is 9.03. The highest BCUT2D eigenvalue weighted by atomic mass is 19.3. The number of nitrogens with zero attached hydrogens (tertiary/aromatic N) is 2. The number of aromatic nitrogens is 1. The zero-order valence-corrected chi connectivity index (χ0v) is 15.7. The van der Waals surface area contributed by atoms with Crippen molar-refractivity contribution < 1.29 is 18.3 Å². The summed E-state index contributed by atoms with van der Waals surface area (Å²) in [6.07, 6.45) is 3.51. The molecule has 0 bridgehead atoms. The van der Waals surface area contributed by atoms with E-state index < -0.39 is 12.2 Å². The fourth-order valence-electron chi connectivity index (χ4n) is 3.52. The van der Waals surface area contributed by atoms with Crippen LogP contribution in [0.15, 0.2) is 72.0 Å². The summed E-state index contributed by atoms with van der Waals surface area (Å²) in [5.41, 5.74) is 9.16. The van der Waals surface area contributed by atoms with Crippen molar-refractivity contribution in [2.24, 2.45) is 10.7 Å². The average molecular weight is 395 g/mol. The first-order chi connectivity index (χ1) is 14.0. The van der Waals surface area contributed by atoms with Crippen LogP contribution in [0.5, 0.6) is 5.75 Å². The topological polar surface area (TPSA) is 69.7 Å². The van der Waals surface area contributed by atoms with Crippen LogP contribution in [0.2, 0.25) is 0 Å². The smallest absolute Gasteiger partial charge is 0.387 e. The van der Waals surface area contributed by atoms with Gasteiger partial charge in [-0.25, -0.2) is 4.99 Å². The maximum absolute atomic E-state index is 12.6. The second-order valence-corrected chi connectivity index (χ2v) is 6.78. The molecule has 0 saturated heterocycles. The Morgan fingerprint density at radius 2 is 1.86 bits per heavy atom. The molecule has 1 aromatic heterocycles. The Morgan fingerprint density at radius 1 is 1.07 bits per heavy atom. The molecule has 1 unspecified atom stereocenters. The van der Waals surface area contributed by atoms with Gasteiger partial charge in [-0.3, -0.25) is 4.98 Å². The average Bonchev–Trinajstić information content (AvgIpc) is 3.13. The Morgan fingerprint density at radius 3 is 2.52 bits per heavy atom. The number of hydrogen-bond acceptors (Lipinski definition) is 5. The molecule has 0 saturated carbocycles. The summed E-state index contributed by atoms with van der Waals surface area (Å²) in [7, 11) is 0. The van der Waals surface area contributed by atoms with Crippen molar-refractivity contribution in [1.29, 1.82) is 0 Å². The fourth-order valence-corrected chi connectivity index (χ4v) is 3.52. The van der Waals surface area contributed by atoms with E-state index in [0.29, 0.717) is 5.56 Å². The van der Waals surface area contributed by atoms with Crippen molar-refractivity contribution in [3.8, 4) is 16.9 Å². The predicted molar refractivity (Wildman–Crippen MR) is 106 cm³/mol.